The van der Waals surface area contributed by atoms with Gasteiger partial charge in [0.1, 0.15) is 5.01 Å². The van der Waals surface area contributed by atoms with Gasteiger partial charge < -0.3 is 5.32 Å². The van der Waals surface area contributed by atoms with Crippen molar-refractivity contribution in [2.45, 2.75) is 51.5 Å². The summed E-state index contributed by atoms with van der Waals surface area (Å²) >= 11 is 1.81. The highest BCUT2D eigenvalue weighted by atomic mass is 32.1. The number of rotatable bonds is 4. The van der Waals surface area contributed by atoms with Gasteiger partial charge in [0.05, 0.1) is 5.54 Å². The molecule has 3 heteroatoms. The number of nitrogens with zero attached hydrogens (tertiary/aromatic N) is 1. The van der Waals surface area contributed by atoms with E-state index in [1.807, 2.05) is 6.20 Å². The van der Waals surface area contributed by atoms with Crippen molar-refractivity contribution in [1.29, 1.82) is 0 Å². The van der Waals surface area contributed by atoms with Crippen molar-refractivity contribution in [3.05, 3.63) is 16.6 Å². The molecule has 1 fully saturated rings. The van der Waals surface area contributed by atoms with Gasteiger partial charge in [0, 0.05) is 11.6 Å². The minimum atomic E-state index is 0.191. The van der Waals surface area contributed by atoms with Crippen LogP contribution in [0, 0.1) is 5.92 Å². The van der Waals surface area contributed by atoms with E-state index in [2.05, 4.69) is 29.5 Å². The third kappa shape index (κ3) is 2.46. The molecule has 1 N–H and O–H groups in total. The van der Waals surface area contributed by atoms with Crippen LogP contribution < -0.4 is 5.32 Å². The van der Waals surface area contributed by atoms with E-state index in [0.717, 1.165) is 12.5 Å². The Balaban J connectivity index is 2.13. The average molecular weight is 238 g/mol. The number of hydrogen-bond acceptors (Lipinski definition) is 3. The molecule has 0 radical (unpaired) electrons. The first-order chi connectivity index (χ1) is 7.77. The highest BCUT2D eigenvalue weighted by Gasteiger charge is 2.37. The molecule has 1 aromatic heterocycles. The van der Waals surface area contributed by atoms with Crippen LogP contribution in [-0.2, 0) is 5.54 Å². The molecule has 2 rings (SSSR count). The van der Waals surface area contributed by atoms with Crippen LogP contribution in [0.4, 0.5) is 0 Å². The molecule has 1 aliphatic carbocycles. The third-order valence-corrected chi connectivity index (χ3v) is 4.66. The van der Waals surface area contributed by atoms with E-state index < -0.39 is 0 Å². The fraction of sp³-hybridized carbons (Fsp3) is 0.769. The Bertz CT molecular complexity index is 294. The topological polar surface area (TPSA) is 24.9 Å². The summed E-state index contributed by atoms with van der Waals surface area (Å²) in [4.78, 5) is 4.55. The summed E-state index contributed by atoms with van der Waals surface area (Å²) in [6.45, 7) is 5.70. The highest BCUT2D eigenvalue weighted by Crippen LogP contribution is 2.40. The molecule has 2 nitrogen and oxygen atoms in total. The lowest BCUT2D eigenvalue weighted by Crippen LogP contribution is -2.45. The lowest BCUT2D eigenvalue weighted by molar-refractivity contribution is 0.196. The van der Waals surface area contributed by atoms with Crippen LogP contribution in [-0.4, -0.2) is 11.5 Å². The van der Waals surface area contributed by atoms with Crippen LogP contribution in [0.25, 0.3) is 0 Å². The van der Waals surface area contributed by atoms with Gasteiger partial charge in [0.25, 0.3) is 0 Å². The van der Waals surface area contributed by atoms with Crippen LogP contribution in [0.15, 0.2) is 11.6 Å². The predicted molar refractivity (Wildman–Crippen MR) is 69.7 cm³/mol. The Morgan fingerprint density at radius 1 is 1.50 bits per heavy atom. The minimum Gasteiger partial charge on any atom is -0.305 e. The van der Waals surface area contributed by atoms with E-state index in [1.165, 1.54) is 37.1 Å². The molecule has 1 heterocycles. The van der Waals surface area contributed by atoms with Crippen LogP contribution in [0.5, 0.6) is 0 Å². The molecular formula is C13H22N2S. The maximum atomic E-state index is 4.55. The second-order valence-corrected chi connectivity index (χ2v) is 5.92. The van der Waals surface area contributed by atoms with Crippen molar-refractivity contribution in [3.63, 3.8) is 0 Å². The normalized spacial score (nSPS) is 30.5. The zero-order valence-electron chi connectivity index (χ0n) is 10.3. The van der Waals surface area contributed by atoms with Gasteiger partial charge in [-0.05, 0) is 44.6 Å². The van der Waals surface area contributed by atoms with Gasteiger partial charge in [-0.15, -0.1) is 11.3 Å². The zero-order chi connectivity index (χ0) is 11.4. The number of thiazole rings is 1. The van der Waals surface area contributed by atoms with Crippen molar-refractivity contribution < 1.29 is 0 Å². The van der Waals surface area contributed by atoms with Crippen LogP contribution in [0.2, 0.25) is 0 Å². The van der Waals surface area contributed by atoms with Gasteiger partial charge in [0.2, 0.25) is 0 Å². The van der Waals surface area contributed by atoms with Gasteiger partial charge in [-0.25, -0.2) is 4.98 Å². The maximum absolute atomic E-state index is 4.55. The molecule has 0 saturated heterocycles. The Kier molecular flexibility index (Phi) is 3.98. The second kappa shape index (κ2) is 5.28. The van der Waals surface area contributed by atoms with Crippen molar-refractivity contribution in [2.75, 3.05) is 6.54 Å². The lowest BCUT2D eigenvalue weighted by atomic mass is 9.77. The Hall–Kier alpha value is -0.410. The van der Waals surface area contributed by atoms with E-state index in [-0.39, 0.29) is 5.54 Å². The summed E-state index contributed by atoms with van der Waals surface area (Å²) in [5.74, 6) is 0.886. The second-order valence-electron chi connectivity index (χ2n) is 5.03. The molecule has 0 aliphatic heterocycles. The van der Waals surface area contributed by atoms with Crippen molar-refractivity contribution in [1.82, 2.24) is 10.3 Å². The number of hydrogen-bond donors (Lipinski definition) is 1. The average Bonchev–Trinajstić information content (AvgIpc) is 2.83. The molecule has 0 bridgehead atoms. The molecule has 0 amide bonds. The number of aromatic nitrogens is 1. The fourth-order valence-corrected chi connectivity index (χ4v) is 3.42. The molecule has 16 heavy (non-hydrogen) atoms. The first-order valence-corrected chi connectivity index (χ1v) is 7.30. The van der Waals surface area contributed by atoms with Crippen molar-refractivity contribution >= 4 is 11.3 Å². The molecular weight excluding hydrogens is 216 g/mol. The highest BCUT2D eigenvalue weighted by molar-refractivity contribution is 7.09. The molecule has 1 aliphatic rings. The summed E-state index contributed by atoms with van der Waals surface area (Å²) < 4.78 is 0. The summed E-state index contributed by atoms with van der Waals surface area (Å²) in [6.07, 6.45) is 8.30. The summed E-state index contributed by atoms with van der Waals surface area (Å²) in [6, 6.07) is 0. The van der Waals surface area contributed by atoms with Gasteiger partial charge >= 0.3 is 0 Å². The van der Waals surface area contributed by atoms with Crippen molar-refractivity contribution in [3.8, 4) is 0 Å². The first kappa shape index (κ1) is 12.1. The molecule has 90 valence electrons. The Morgan fingerprint density at radius 2 is 2.25 bits per heavy atom. The minimum absolute atomic E-state index is 0.191. The van der Waals surface area contributed by atoms with Gasteiger partial charge in [-0.1, -0.05) is 13.8 Å². The monoisotopic (exact) mass is 238 g/mol. The fourth-order valence-electron chi connectivity index (χ4n) is 2.55. The van der Waals surface area contributed by atoms with E-state index in [1.54, 1.807) is 11.3 Å². The lowest BCUT2D eigenvalue weighted by Gasteiger charge is -2.39. The van der Waals surface area contributed by atoms with Crippen LogP contribution in [0.1, 0.15) is 51.0 Å². The smallest absolute Gasteiger partial charge is 0.113 e. The van der Waals surface area contributed by atoms with E-state index in [0.29, 0.717) is 0 Å². The van der Waals surface area contributed by atoms with Crippen molar-refractivity contribution in [2.24, 2.45) is 5.92 Å². The zero-order valence-corrected chi connectivity index (χ0v) is 11.1. The predicted octanol–water partition coefficient (Wildman–Crippen LogP) is 3.55. The largest absolute Gasteiger partial charge is 0.305 e. The molecule has 0 spiro atoms. The summed E-state index contributed by atoms with van der Waals surface area (Å²) in [5, 5.41) is 7.15. The Morgan fingerprint density at radius 3 is 2.81 bits per heavy atom. The van der Waals surface area contributed by atoms with Crippen LogP contribution in [0.3, 0.4) is 0 Å². The van der Waals surface area contributed by atoms with Gasteiger partial charge in [-0.3, -0.25) is 0 Å². The molecule has 1 aromatic rings. The third-order valence-electron chi connectivity index (χ3n) is 3.68. The van der Waals surface area contributed by atoms with Gasteiger partial charge in [-0.2, -0.15) is 0 Å². The molecule has 0 aromatic carbocycles. The number of nitrogens with one attached hydrogen (secondary N) is 1. The maximum Gasteiger partial charge on any atom is 0.113 e. The van der Waals surface area contributed by atoms with Gasteiger partial charge in [0.15, 0.2) is 0 Å². The van der Waals surface area contributed by atoms with E-state index in [9.17, 15) is 0 Å². The summed E-state index contributed by atoms with van der Waals surface area (Å²) in [7, 11) is 0. The van der Waals surface area contributed by atoms with Crippen LogP contribution >= 0.6 is 11.3 Å². The first-order valence-electron chi connectivity index (χ1n) is 6.42. The van der Waals surface area contributed by atoms with E-state index >= 15 is 0 Å². The summed E-state index contributed by atoms with van der Waals surface area (Å²) in [5.41, 5.74) is 0.191. The molecule has 0 unspecified atom stereocenters. The van der Waals surface area contributed by atoms with E-state index in [4.69, 9.17) is 0 Å². The Labute approximate surface area is 102 Å². The molecule has 1 saturated carbocycles. The molecule has 0 atom stereocenters. The standard InChI is InChI=1S/C13H22N2S/c1-3-8-15-13(12-14-9-10-16-12)6-4-11(2)5-7-13/h9-11,15H,3-8H2,1-2H3. The SMILES string of the molecule is CCCNC1(c2nccs2)CCC(C)CC1. The quantitative estimate of drug-likeness (QED) is 0.867.